The number of halogens is 2. The Morgan fingerprint density at radius 3 is 2.80 bits per heavy atom. The molecular weight excluding hydrogens is 173 g/mol. The number of carbonyl (C=O) groups is 1. The summed E-state index contributed by atoms with van der Waals surface area (Å²) in [6.07, 6.45) is 3.69. The molecule has 0 fully saturated rings. The Kier molecular flexibility index (Phi) is 2.57. The number of nitrogens with zero attached hydrogens (tertiary/aromatic N) is 1. The third kappa shape index (κ3) is 1.89. The van der Waals surface area contributed by atoms with Crippen LogP contribution in [-0.2, 0) is 0 Å². The second-order valence-electron chi connectivity index (χ2n) is 2.10. The average Bonchev–Trinajstić information content (AvgIpc) is 1.88. The molecule has 2 nitrogen and oxygen atoms in total. The third-order valence-corrected chi connectivity index (χ3v) is 1.84. The first kappa shape index (κ1) is 7.89. The number of carbonyl (C=O) groups excluding carboxylic acids is 1. The molecular formula is C6H7Cl2NO. The van der Waals surface area contributed by atoms with E-state index in [1.165, 1.54) is 4.90 Å². The number of rotatable bonds is 0. The van der Waals surface area contributed by atoms with Crippen LogP contribution in [0.4, 0.5) is 4.79 Å². The van der Waals surface area contributed by atoms with Crippen molar-refractivity contribution in [3.63, 3.8) is 0 Å². The molecule has 0 radical (unpaired) electrons. The Bertz CT molecular complexity index is 169. The molecule has 0 aromatic rings. The van der Waals surface area contributed by atoms with Gasteiger partial charge in [-0.2, -0.15) is 0 Å². The van der Waals surface area contributed by atoms with Crippen molar-refractivity contribution in [2.24, 2.45) is 0 Å². The molecule has 56 valence electrons. The van der Waals surface area contributed by atoms with Crippen molar-refractivity contribution in [1.29, 1.82) is 0 Å². The first-order chi connectivity index (χ1) is 4.70. The van der Waals surface area contributed by atoms with Gasteiger partial charge in [-0.1, -0.05) is 12.2 Å². The summed E-state index contributed by atoms with van der Waals surface area (Å²) in [5, 5.41) is -0.522. The smallest absolute Gasteiger partial charge is 0.316 e. The zero-order valence-electron chi connectivity index (χ0n) is 5.26. The van der Waals surface area contributed by atoms with Crippen molar-refractivity contribution >= 4 is 28.6 Å². The summed E-state index contributed by atoms with van der Waals surface area (Å²) >= 11 is 10.9. The zero-order chi connectivity index (χ0) is 7.56. The molecule has 1 amide bonds. The van der Waals surface area contributed by atoms with E-state index >= 15 is 0 Å². The van der Waals surface area contributed by atoms with Crippen molar-refractivity contribution in [1.82, 2.24) is 4.90 Å². The Morgan fingerprint density at radius 1 is 1.70 bits per heavy atom. The maximum atomic E-state index is 10.5. The monoisotopic (exact) mass is 179 g/mol. The van der Waals surface area contributed by atoms with E-state index in [0.29, 0.717) is 13.1 Å². The first-order valence-electron chi connectivity index (χ1n) is 2.95. The van der Waals surface area contributed by atoms with Gasteiger partial charge in [-0.3, -0.25) is 4.79 Å². The van der Waals surface area contributed by atoms with E-state index in [-0.39, 0.29) is 5.38 Å². The van der Waals surface area contributed by atoms with Gasteiger partial charge in [0.1, 0.15) is 0 Å². The SMILES string of the molecule is O=C(Cl)N1CC=CC(Cl)C1. The zero-order valence-corrected chi connectivity index (χ0v) is 6.77. The van der Waals surface area contributed by atoms with E-state index in [2.05, 4.69) is 0 Å². The van der Waals surface area contributed by atoms with Crippen LogP contribution in [0.2, 0.25) is 0 Å². The van der Waals surface area contributed by atoms with Gasteiger partial charge in [0.25, 0.3) is 0 Å². The number of alkyl halides is 1. The summed E-state index contributed by atoms with van der Waals surface area (Å²) in [5.41, 5.74) is 0. The minimum atomic E-state index is -0.435. The molecule has 0 N–H and O–H groups in total. The Balaban J connectivity index is 2.52. The van der Waals surface area contributed by atoms with E-state index in [1.807, 2.05) is 12.2 Å². The van der Waals surface area contributed by atoms with E-state index in [4.69, 9.17) is 23.2 Å². The van der Waals surface area contributed by atoms with Crippen molar-refractivity contribution < 1.29 is 4.79 Å². The summed E-state index contributed by atoms with van der Waals surface area (Å²) < 4.78 is 0. The summed E-state index contributed by atoms with van der Waals surface area (Å²) in [6, 6.07) is 0. The molecule has 1 rings (SSSR count). The van der Waals surface area contributed by atoms with Crippen molar-refractivity contribution in [2.45, 2.75) is 5.38 Å². The highest BCUT2D eigenvalue weighted by Gasteiger charge is 2.15. The van der Waals surface area contributed by atoms with Crippen LogP contribution < -0.4 is 0 Å². The molecule has 0 saturated heterocycles. The molecule has 1 aliphatic rings. The lowest BCUT2D eigenvalue weighted by molar-refractivity contribution is 0.226. The van der Waals surface area contributed by atoms with Gasteiger partial charge in [0.2, 0.25) is 0 Å². The molecule has 0 aliphatic carbocycles. The van der Waals surface area contributed by atoms with Crippen LogP contribution in [0.3, 0.4) is 0 Å². The summed E-state index contributed by atoms with van der Waals surface area (Å²) in [5.74, 6) is 0. The van der Waals surface area contributed by atoms with Crippen LogP contribution in [0.15, 0.2) is 12.2 Å². The second-order valence-corrected chi connectivity index (χ2v) is 2.99. The number of hydrogen-bond acceptors (Lipinski definition) is 1. The molecule has 1 heterocycles. The normalized spacial score (nSPS) is 25.0. The fourth-order valence-electron chi connectivity index (χ4n) is 0.825. The van der Waals surface area contributed by atoms with E-state index in [9.17, 15) is 4.79 Å². The van der Waals surface area contributed by atoms with Crippen LogP contribution >= 0.6 is 23.2 Å². The van der Waals surface area contributed by atoms with Gasteiger partial charge in [0, 0.05) is 13.1 Å². The van der Waals surface area contributed by atoms with Crippen LogP contribution in [0.25, 0.3) is 0 Å². The molecule has 0 bridgehead atoms. The van der Waals surface area contributed by atoms with Crippen LogP contribution in [-0.4, -0.2) is 28.7 Å². The first-order valence-corrected chi connectivity index (χ1v) is 3.76. The van der Waals surface area contributed by atoms with Gasteiger partial charge < -0.3 is 4.90 Å². The Hall–Kier alpha value is -0.210. The molecule has 0 saturated carbocycles. The van der Waals surface area contributed by atoms with Crippen molar-refractivity contribution in [3.8, 4) is 0 Å². The van der Waals surface area contributed by atoms with Crippen molar-refractivity contribution in [3.05, 3.63) is 12.2 Å². The van der Waals surface area contributed by atoms with E-state index < -0.39 is 5.37 Å². The highest BCUT2D eigenvalue weighted by Crippen LogP contribution is 2.09. The van der Waals surface area contributed by atoms with Crippen molar-refractivity contribution in [2.75, 3.05) is 13.1 Å². The predicted octanol–water partition coefficient (Wildman–Crippen LogP) is 1.82. The molecule has 0 aromatic carbocycles. The van der Waals surface area contributed by atoms with E-state index in [1.54, 1.807) is 0 Å². The number of hydrogen-bond donors (Lipinski definition) is 0. The van der Waals surface area contributed by atoms with Gasteiger partial charge >= 0.3 is 5.37 Å². The maximum Gasteiger partial charge on any atom is 0.316 e. The number of amides is 1. The highest BCUT2D eigenvalue weighted by atomic mass is 35.5. The van der Waals surface area contributed by atoms with Crippen LogP contribution in [0.1, 0.15) is 0 Å². The fraction of sp³-hybridized carbons (Fsp3) is 0.500. The molecule has 10 heavy (non-hydrogen) atoms. The van der Waals surface area contributed by atoms with Gasteiger partial charge in [-0.15, -0.1) is 11.6 Å². The third-order valence-electron chi connectivity index (χ3n) is 1.31. The maximum absolute atomic E-state index is 10.5. The lowest BCUT2D eigenvalue weighted by Gasteiger charge is -2.22. The molecule has 1 unspecified atom stereocenters. The molecule has 4 heteroatoms. The summed E-state index contributed by atoms with van der Waals surface area (Å²) in [7, 11) is 0. The fourth-order valence-corrected chi connectivity index (χ4v) is 1.23. The molecule has 1 atom stereocenters. The minimum absolute atomic E-state index is 0.0866. The Morgan fingerprint density at radius 2 is 2.40 bits per heavy atom. The topological polar surface area (TPSA) is 20.3 Å². The van der Waals surface area contributed by atoms with E-state index in [0.717, 1.165) is 0 Å². The van der Waals surface area contributed by atoms with Gasteiger partial charge in [0.05, 0.1) is 5.38 Å². The lowest BCUT2D eigenvalue weighted by Crippen LogP contribution is -2.34. The quantitative estimate of drug-likeness (QED) is 0.241. The largest absolute Gasteiger partial charge is 0.324 e. The van der Waals surface area contributed by atoms with Gasteiger partial charge in [0.15, 0.2) is 0 Å². The van der Waals surface area contributed by atoms with Gasteiger partial charge in [-0.25, -0.2) is 0 Å². The minimum Gasteiger partial charge on any atom is -0.324 e. The Labute approximate surface area is 69.4 Å². The predicted molar refractivity (Wildman–Crippen MR) is 41.6 cm³/mol. The summed E-state index contributed by atoms with van der Waals surface area (Å²) in [4.78, 5) is 12.0. The molecule has 0 aromatic heterocycles. The average molecular weight is 180 g/mol. The van der Waals surface area contributed by atoms with Crippen LogP contribution in [0.5, 0.6) is 0 Å². The van der Waals surface area contributed by atoms with Crippen LogP contribution in [0, 0.1) is 0 Å². The van der Waals surface area contributed by atoms with Gasteiger partial charge in [-0.05, 0) is 11.6 Å². The standard InChI is InChI=1S/C6H7Cl2NO/c7-5-2-1-3-9(4-5)6(8)10/h1-2,5H,3-4H2. The molecule has 1 aliphatic heterocycles. The highest BCUT2D eigenvalue weighted by molar-refractivity contribution is 6.62. The lowest BCUT2D eigenvalue weighted by atomic mass is 10.3. The molecule has 0 spiro atoms. The summed E-state index contributed by atoms with van der Waals surface area (Å²) in [6.45, 7) is 1.09. The second kappa shape index (κ2) is 3.26.